The highest BCUT2D eigenvalue weighted by atomic mass is 35.5. The monoisotopic (exact) mass is 297 g/mol. The predicted octanol–water partition coefficient (Wildman–Crippen LogP) is 2.70. The molecule has 0 aliphatic heterocycles. The molecule has 3 N–H and O–H groups in total. The molecule has 0 aromatic heterocycles. The van der Waals surface area contributed by atoms with Gasteiger partial charge in [0.15, 0.2) is 0 Å². The molecule has 1 amide bonds. The fourth-order valence-electron chi connectivity index (χ4n) is 2.52. The number of primary amides is 1. The van der Waals surface area contributed by atoms with Crippen LogP contribution in [0.2, 0.25) is 5.02 Å². The Balaban J connectivity index is 2.04. The number of hydrogen-bond acceptors (Lipinski definition) is 4. The second kappa shape index (κ2) is 6.09. The number of amides is 1. The van der Waals surface area contributed by atoms with Gasteiger partial charge in [0.1, 0.15) is 5.69 Å². The first-order valence-corrected chi connectivity index (χ1v) is 6.85. The Hall–Kier alpha value is -1.82. The normalized spacial score (nSPS) is 22.2. The molecule has 0 heterocycles. The summed E-state index contributed by atoms with van der Waals surface area (Å²) in [5.41, 5.74) is 5.71. The van der Waals surface area contributed by atoms with Gasteiger partial charge < -0.3 is 11.1 Å². The van der Waals surface area contributed by atoms with Crippen LogP contribution in [0.5, 0.6) is 0 Å². The minimum absolute atomic E-state index is 0.0328. The highest BCUT2D eigenvalue weighted by molar-refractivity contribution is 6.30. The second-order valence-corrected chi connectivity index (χ2v) is 5.45. The fourth-order valence-corrected chi connectivity index (χ4v) is 2.69. The number of nitro benzene ring substituents is 1. The van der Waals surface area contributed by atoms with Crippen LogP contribution in [-0.4, -0.2) is 16.9 Å². The third kappa shape index (κ3) is 3.39. The van der Waals surface area contributed by atoms with Crippen LogP contribution < -0.4 is 11.1 Å². The zero-order chi connectivity index (χ0) is 14.7. The summed E-state index contributed by atoms with van der Waals surface area (Å²) < 4.78 is 0. The Morgan fingerprint density at radius 3 is 2.55 bits per heavy atom. The van der Waals surface area contributed by atoms with E-state index in [0.717, 1.165) is 12.8 Å². The summed E-state index contributed by atoms with van der Waals surface area (Å²) in [4.78, 5) is 21.6. The lowest BCUT2D eigenvalue weighted by Gasteiger charge is -2.28. The summed E-state index contributed by atoms with van der Waals surface area (Å²) in [7, 11) is 0. The molecule has 20 heavy (non-hydrogen) atoms. The number of nitro groups is 1. The van der Waals surface area contributed by atoms with E-state index in [1.165, 1.54) is 6.07 Å². The van der Waals surface area contributed by atoms with Gasteiger partial charge in [0.2, 0.25) is 5.91 Å². The summed E-state index contributed by atoms with van der Waals surface area (Å²) >= 11 is 5.77. The van der Waals surface area contributed by atoms with Gasteiger partial charge in [-0.15, -0.1) is 0 Å². The zero-order valence-corrected chi connectivity index (χ0v) is 11.6. The highest BCUT2D eigenvalue weighted by Crippen LogP contribution is 2.32. The lowest BCUT2D eigenvalue weighted by atomic mass is 9.85. The Labute approximate surface area is 121 Å². The maximum Gasteiger partial charge on any atom is 0.293 e. The predicted molar refractivity (Wildman–Crippen MR) is 76.7 cm³/mol. The summed E-state index contributed by atoms with van der Waals surface area (Å²) in [5, 5.41) is 14.5. The summed E-state index contributed by atoms with van der Waals surface area (Å²) in [6.45, 7) is 0. The van der Waals surface area contributed by atoms with Crippen LogP contribution in [0.1, 0.15) is 25.7 Å². The molecular weight excluding hydrogens is 282 g/mol. The molecule has 0 atom stereocenters. The summed E-state index contributed by atoms with van der Waals surface area (Å²) in [6.07, 6.45) is 2.98. The van der Waals surface area contributed by atoms with Crippen LogP contribution in [0.3, 0.4) is 0 Å². The quantitative estimate of drug-likeness (QED) is 0.659. The van der Waals surface area contributed by atoms with Crippen LogP contribution in [0.4, 0.5) is 11.4 Å². The van der Waals surface area contributed by atoms with Gasteiger partial charge >= 0.3 is 0 Å². The molecule has 108 valence electrons. The number of halogens is 1. The van der Waals surface area contributed by atoms with Crippen molar-refractivity contribution in [1.82, 2.24) is 0 Å². The number of nitrogens with zero attached hydrogens (tertiary/aromatic N) is 1. The lowest BCUT2D eigenvalue weighted by molar-refractivity contribution is -0.384. The molecule has 1 aliphatic rings. The van der Waals surface area contributed by atoms with Crippen molar-refractivity contribution in [3.8, 4) is 0 Å². The van der Waals surface area contributed by atoms with E-state index in [-0.39, 0.29) is 23.6 Å². The van der Waals surface area contributed by atoms with Crippen molar-refractivity contribution in [2.45, 2.75) is 31.7 Å². The number of hydrogen-bond donors (Lipinski definition) is 2. The van der Waals surface area contributed by atoms with Gasteiger partial charge in [0.25, 0.3) is 5.69 Å². The molecule has 1 aromatic carbocycles. The molecule has 2 rings (SSSR count). The largest absolute Gasteiger partial charge is 0.377 e. The molecule has 1 saturated carbocycles. The van der Waals surface area contributed by atoms with Crippen molar-refractivity contribution in [3.05, 3.63) is 33.3 Å². The molecule has 7 heteroatoms. The van der Waals surface area contributed by atoms with E-state index in [1.807, 2.05) is 0 Å². The van der Waals surface area contributed by atoms with Crippen molar-refractivity contribution in [2.24, 2.45) is 11.7 Å². The average Bonchev–Trinajstić information content (AvgIpc) is 2.41. The molecule has 0 spiro atoms. The lowest BCUT2D eigenvalue weighted by Crippen LogP contribution is -2.32. The van der Waals surface area contributed by atoms with Gasteiger partial charge in [0.05, 0.1) is 4.92 Å². The number of carbonyl (C=O) groups is 1. The van der Waals surface area contributed by atoms with Gasteiger partial charge in [-0.3, -0.25) is 14.9 Å². The molecule has 0 unspecified atom stereocenters. The van der Waals surface area contributed by atoms with E-state index in [4.69, 9.17) is 17.3 Å². The van der Waals surface area contributed by atoms with Crippen molar-refractivity contribution in [2.75, 3.05) is 5.32 Å². The molecule has 1 fully saturated rings. The summed E-state index contributed by atoms with van der Waals surface area (Å²) in [5.74, 6) is -0.339. The van der Waals surface area contributed by atoms with Gasteiger partial charge in [-0.25, -0.2) is 0 Å². The minimum Gasteiger partial charge on any atom is -0.377 e. The first-order chi connectivity index (χ1) is 9.47. The van der Waals surface area contributed by atoms with Crippen LogP contribution in [0, 0.1) is 16.0 Å². The van der Waals surface area contributed by atoms with Gasteiger partial charge in [-0.05, 0) is 37.8 Å². The van der Waals surface area contributed by atoms with Crippen molar-refractivity contribution >= 4 is 28.9 Å². The Morgan fingerprint density at radius 2 is 2.00 bits per heavy atom. The van der Waals surface area contributed by atoms with Crippen molar-refractivity contribution in [1.29, 1.82) is 0 Å². The Morgan fingerprint density at radius 1 is 1.35 bits per heavy atom. The van der Waals surface area contributed by atoms with Crippen molar-refractivity contribution < 1.29 is 9.72 Å². The number of anilines is 1. The van der Waals surface area contributed by atoms with Gasteiger partial charge in [0, 0.05) is 23.0 Å². The standard InChI is InChI=1S/C13H16ClN3O3/c14-9-3-6-11(12(7-9)17(19)20)16-10-4-1-8(2-5-10)13(15)18/h3,6-8,10,16H,1-2,4-5H2,(H2,15,18). The van der Waals surface area contributed by atoms with E-state index in [0.29, 0.717) is 23.6 Å². The van der Waals surface area contributed by atoms with Crippen LogP contribution in [-0.2, 0) is 4.79 Å². The third-order valence-corrected chi connectivity index (χ3v) is 3.88. The Bertz CT molecular complexity index is 528. The zero-order valence-electron chi connectivity index (χ0n) is 10.8. The maximum atomic E-state index is 11.1. The molecule has 0 saturated heterocycles. The average molecular weight is 298 g/mol. The second-order valence-electron chi connectivity index (χ2n) is 5.01. The van der Waals surface area contributed by atoms with Crippen LogP contribution >= 0.6 is 11.6 Å². The third-order valence-electron chi connectivity index (χ3n) is 3.65. The fraction of sp³-hybridized carbons (Fsp3) is 0.462. The highest BCUT2D eigenvalue weighted by Gasteiger charge is 2.26. The number of rotatable bonds is 4. The molecule has 0 bridgehead atoms. The topological polar surface area (TPSA) is 98.3 Å². The van der Waals surface area contributed by atoms with E-state index >= 15 is 0 Å². The number of nitrogens with one attached hydrogen (secondary N) is 1. The van der Waals surface area contributed by atoms with Gasteiger partial charge in [-0.1, -0.05) is 11.6 Å². The molecule has 0 radical (unpaired) electrons. The van der Waals surface area contributed by atoms with E-state index < -0.39 is 4.92 Å². The molecular formula is C13H16ClN3O3. The Kier molecular flexibility index (Phi) is 4.44. The van der Waals surface area contributed by atoms with Crippen LogP contribution in [0.15, 0.2) is 18.2 Å². The SMILES string of the molecule is NC(=O)C1CCC(Nc2ccc(Cl)cc2[N+](=O)[O-])CC1. The molecule has 1 aromatic rings. The number of carbonyl (C=O) groups excluding carboxylic acids is 1. The minimum atomic E-state index is -0.455. The van der Waals surface area contributed by atoms with Gasteiger partial charge in [-0.2, -0.15) is 0 Å². The van der Waals surface area contributed by atoms with Crippen molar-refractivity contribution in [3.63, 3.8) is 0 Å². The van der Waals surface area contributed by atoms with E-state index in [9.17, 15) is 14.9 Å². The maximum absolute atomic E-state index is 11.1. The van der Waals surface area contributed by atoms with E-state index in [1.54, 1.807) is 12.1 Å². The number of nitrogens with two attached hydrogens (primary N) is 1. The number of benzene rings is 1. The first kappa shape index (κ1) is 14.6. The van der Waals surface area contributed by atoms with Crippen LogP contribution in [0.25, 0.3) is 0 Å². The smallest absolute Gasteiger partial charge is 0.293 e. The first-order valence-electron chi connectivity index (χ1n) is 6.47. The summed E-state index contributed by atoms with van der Waals surface area (Å²) in [6, 6.07) is 4.68. The molecule has 6 nitrogen and oxygen atoms in total. The van der Waals surface area contributed by atoms with E-state index in [2.05, 4.69) is 5.32 Å². The molecule has 1 aliphatic carbocycles.